The molecule has 0 bridgehead atoms. The Labute approximate surface area is 131 Å². The first kappa shape index (κ1) is 15.2. The van der Waals surface area contributed by atoms with Gasteiger partial charge in [0.2, 0.25) is 5.95 Å². The Morgan fingerprint density at radius 2 is 1.95 bits per heavy atom. The molecular weight excluding hydrogens is 276 g/mol. The van der Waals surface area contributed by atoms with E-state index in [-0.39, 0.29) is 0 Å². The maximum absolute atomic E-state index is 5.96. The highest BCUT2D eigenvalue weighted by Crippen LogP contribution is 2.23. The maximum atomic E-state index is 5.96. The van der Waals surface area contributed by atoms with Gasteiger partial charge in [-0.3, -0.25) is 0 Å². The lowest BCUT2D eigenvalue weighted by Gasteiger charge is -2.26. The first-order chi connectivity index (χ1) is 10.7. The summed E-state index contributed by atoms with van der Waals surface area (Å²) in [4.78, 5) is 13.6. The van der Waals surface area contributed by atoms with Gasteiger partial charge in [0, 0.05) is 18.1 Å². The number of hydrogen-bond donors (Lipinski definition) is 2. The molecule has 22 heavy (non-hydrogen) atoms. The first-order valence-electron chi connectivity index (χ1n) is 8.43. The van der Waals surface area contributed by atoms with Crippen molar-refractivity contribution in [2.45, 2.75) is 70.5 Å². The number of anilines is 1. The van der Waals surface area contributed by atoms with Crippen LogP contribution < -0.4 is 11.1 Å². The van der Waals surface area contributed by atoms with Crippen molar-refractivity contribution >= 4 is 17.1 Å². The van der Waals surface area contributed by atoms with Crippen molar-refractivity contribution in [3.05, 3.63) is 12.5 Å². The largest absolute Gasteiger partial charge is 0.351 e. The molecule has 2 aromatic rings. The van der Waals surface area contributed by atoms with Crippen molar-refractivity contribution in [3.8, 4) is 0 Å². The van der Waals surface area contributed by atoms with Gasteiger partial charge in [-0.05, 0) is 38.5 Å². The van der Waals surface area contributed by atoms with Crippen LogP contribution in [-0.4, -0.2) is 31.6 Å². The third kappa shape index (κ3) is 3.06. The number of fused-ring (bicyclic) bond motifs is 1. The highest BCUT2D eigenvalue weighted by Gasteiger charge is 2.19. The molecule has 6 heteroatoms. The van der Waals surface area contributed by atoms with Crippen LogP contribution in [0.2, 0.25) is 0 Å². The molecular formula is C16H26N6. The molecule has 2 heterocycles. The summed E-state index contributed by atoms with van der Waals surface area (Å²) in [5.74, 6) is 0.709. The van der Waals surface area contributed by atoms with Gasteiger partial charge in [0.15, 0.2) is 5.65 Å². The van der Waals surface area contributed by atoms with Gasteiger partial charge in [-0.2, -0.15) is 4.98 Å². The van der Waals surface area contributed by atoms with Crippen molar-refractivity contribution in [1.82, 2.24) is 19.5 Å². The highest BCUT2D eigenvalue weighted by atomic mass is 15.2. The van der Waals surface area contributed by atoms with E-state index in [4.69, 9.17) is 10.7 Å². The quantitative estimate of drug-likeness (QED) is 0.887. The Bertz CT molecular complexity index is 610. The fourth-order valence-electron chi connectivity index (χ4n) is 3.29. The maximum Gasteiger partial charge on any atom is 0.224 e. The minimum Gasteiger partial charge on any atom is -0.351 e. The zero-order chi connectivity index (χ0) is 15.5. The van der Waals surface area contributed by atoms with Crippen LogP contribution in [0.4, 0.5) is 5.95 Å². The Morgan fingerprint density at radius 1 is 1.23 bits per heavy atom. The van der Waals surface area contributed by atoms with Gasteiger partial charge >= 0.3 is 0 Å². The van der Waals surface area contributed by atoms with E-state index in [1.54, 1.807) is 0 Å². The van der Waals surface area contributed by atoms with Gasteiger partial charge < -0.3 is 15.6 Å². The summed E-state index contributed by atoms with van der Waals surface area (Å²) in [7, 11) is 0. The van der Waals surface area contributed by atoms with Gasteiger partial charge in [0.1, 0.15) is 5.52 Å². The summed E-state index contributed by atoms with van der Waals surface area (Å²) in [5, 5.41) is 3.47. The zero-order valence-corrected chi connectivity index (χ0v) is 13.5. The Hall–Kier alpha value is -1.69. The smallest absolute Gasteiger partial charge is 0.224 e. The molecule has 0 atom stereocenters. The second-order valence-electron chi connectivity index (χ2n) is 6.28. The van der Waals surface area contributed by atoms with E-state index in [0.29, 0.717) is 24.1 Å². The van der Waals surface area contributed by atoms with Gasteiger partial charge in [0.05, 0.1) is 12.5 Å². The van der Waals surface area contributed by atoms with Crippen LogP contribution in [0.5, 0.6) is 0 Å². The summed E-state index contributed by atoms with van der Waals surface area (Å²) in [6, 6.07) is 1.24. The van der Waals surface area contributed by atoms with Crippen LogP contribution in [-0.2, 0) is 0 Å². The van der Waals surface area contributed by atoms with E-state index in [2.05, 4.69) is 33.7 Å². The fraction of sp³-hybridized carbons (Fsp3) is 0.688. The van der Waals surface area contributed by atoms with Gasteiger partial charge in [-0.1, -0.05) is 13.8 Å². The average molecular weight is 302 g/mol. The Kier molecular flexibility index (Phi) is 4.57. The number of hydrogen-bond acceptors (Lipinski definition) is 5. The molecule has 0 amide bonds. The van der Waals surface area contributed by atoms with Crippen molar-refractivity contribution in [1.29, 1.82) is 0 Å². The summed E-state index contributed by atoms with van der Waals surface area (Å²) in [6.07, 6.45) is 10.2. The lowest BCUT2D eigenvalue weighted by molar-refractivity contribution is 0.410. The highest BCUT2D eigenvalue weighted by molar-refractivity contribution is 5.71. The third-order valence-corrected chi connectivity index (χ3v) is 4.76. The minimum atomic E-state index is 0.359. The molecule has 0 aliphatic heterocycles. The van der Waals surface area contributed by atoms with Crippen LogP contribution in [0.1, 0.15) is 58.4 Å². The number of imidazole rings is 1. The molecule has 6 nitrogen and oxygen atoms in total. The number of nitrogens with zero attached hydrogens (tertiary/aromatic N) is 4. The lowest BCUT2D eigenvalue weighted by Crippen LogP contribution is -2.33. The van der Waals surface area contributed by atoms with Gasteiger partial charge in [0.25, 0.3) is 0 Å². The molecule has 1 saturated carbocycles. The molecule has 0 aromatic carbocycles. The number of rotatable bonds is 5. The fourth-order valence-corrected chi connectivity index (χ4v) is 3.29. The van der Waals surface area contributed by atoms with Gasteiger partial charge in [-0.25, -0.2) is 9.97 Å². The first-order valence-corrected chi connectivity index (χ1v) is 8.43. The monoisotopic (exact) mass is 302 g/mol. The van der Waals surface area contributed by atoms with Gasteiger partial charge in [-0.15, -0.1) is 0 Å². The molecule has 3 N–H and O–H groups in total. The molecule has 0 unspecified atom stereocenters. The lowest BCUT2D eigenvalue weighted by atomic mass is 9.92. The predicted molar refractivity (Wildman–Crippen MR) is 88.8 cm³/mol. The summed E-state index contributed by atoms with van der Waals surface area (Å²) < 4.78 is 2.18. The molecule has 1 aliphatic carbocycles. The standard InChI is InChI=1S/C16H26N6/c1-3-13(4-2)22-10-19-14-9-18-16(21-15(14)22)20-12-7-5-11(17)6-8-12/h9-13H,3-8,17H2,1-2H3,(H,18,20,21). The minimum absolute atomic E-state index is 0.359. The molecule has 0 radical (unpaired) electrons. The summed E-state index contributed by atoms with van der Waals surface area (Å²) in [5.41, 5.74) is 7.76. The van der Waals surface area contributed by atoms with Crippen molar-refractivity contribution in [3.63, 3.8) is 0 Å². The van der Waals surface area contributed by atoms with Crippen LogP contribution >= 0.6 is 0 Å². The Balaban J connectivity index is 1.81. The average Bonchev–Trinajstić information content (AvgIpc) is 2.94. The normalized spacial score (nSPS) is 22.4. The molecule has 0 saturated heterocycles. The van der Waals surface area contributed by atoms with Crippen LogP contribution in [0.25, 0.3) is 11.2 Å². The molecule has 120 valence electrons. The molecule has 1 aliphatic rings. The second kappa shape index (κ2) is 6.60. The second-order valence-corrected chi connectivity index (χ2v) is 6.28. The van der Waals surface area contributed by atoms with E-state index in [1.165, 1.54) is 0 Å². The molecule has 2 aromatic heterocycles. The van der Waals surface area contributed by atoms with Crippen molar-refractivity contribution in [2.75, 3.05) is 5.32 Å². The zero-order valence-electron chi connectivity index (χ0n) is 13.5. The molecule has 3 rings (SSSR count). The van der Waals surface area contributed by atoms with Crippen LogP contribution in [0, 0.1) is 0 Å². The van der Waals surface area contributed by atoms with E-state index >= 15 is 0 Å². The summed E-state index contributed by atoms with van der Waals surface area (Å²) in [6.45, 7) is 4.40. The van der Waals surface area contributed by atoms with E-state index in [9.17, 15) is 0 Å². The number of nitrogens with one attached hydrogen (secondary N) is 1. The molecule has 0 spiro atoms. The number of aromatic nitrogens is 4. The van der Waals surface area contributed by atoms with E-state index in [1.807, 2.05) is 12.5 Å². The summed E-state index contributed by atoms with van der Waals surface area (Å²) >= 11 is 0. The van der Waals surface area contributed by atoms with E-state index < -0.39 is 0 Å². The third-order valence-electron chi connectivity index (χ3n) is 4.76. The van der Waals surface area contributed by atoms with Crippen molar-refractivity contribution < 1.29 is 0 Å². The SMILES string of the molecule is CCC(CC)n1cnc2cnc(NC3CCC(N)CC3)nc21. The van der Waals surface area contributed by atoms with E-state index in [0.717, 1.165) is 49.7 Å². The topological polar surface area (TPSA) is 81.7 Å². The van der Waals surface area contributed by atoms with Crippen molar-refractivity contribution in [2.24, 2.45) is 5.73 Å². The van der Waals surface area contributed by atoms with Crippen LogP contribution in [0.15, 0.2) is 12.5 Å². The Morgan fingerprint density at radius 3 is 2.64 bits per heavy atom. The number of nitrogens with two attached hydrogens (primary N) is 1. The molecule has 1 fully saturated rings. The predicted octanol–water partition coefficient (Wildman–Crippen LogP) is 2.87. The van der Waals surface area contributed by atoms with Crippen LogP contribution in [0.3, 0.4) is 0 Å².